The predicted octanol–water partition coefficient (Wildman–Crippen LogP) is 2.11. The first-order chi connectivity index (χ1) is 4.98. The molecule has 2 fully saturated rings. The molecular formula is C9H14OS. The van der Waals surface area contributed by atoms with Crippen molar-refractivity contribution in [2.45, 2.75) is 32.4 Å². The lowest BCUT2D eigenvalue weighted by Gasteiger charge is -2.31. The fourth-order valence-electron chi connectivity index (χ4n) is 2.16. The average molecular weight is 170 g/mol. The highest BCUT2D eigenvalue weighted by Gasteiger charge is 2.62. The highest BCUT2D eigenvalue weighted by atomic mass is 32.2. The second-order valence-corrected chi connectivity index (χ2v) is 5.67. The second-order valence-electron chi connectivity index (χ2n) is 4.48. The van der Waals surface area contributed by atoms with E-state index in [0.717, 1.165) is 12.2 Å². The lowest BCUT2D eigenvalue weighted by atomic mass is 9.70. The van der Waals surface area contributed by atoms with E-state index in [1.807, 2.05) is 11.8 Å². The second kappa shape index (κ2) is 1.85. The molecule has 2 atom stereocenters. The summed E-state index contributed by atoms with van der Waals surface area (Å²) in [5.74, 6) is 1.54. The summed E-state index contributed by atoms with van der Waals surface area (Å²) in [4.78, 5) is 11.6. The van der Waals surface area contributed by atoms with Gasteiger partial charge >= 0.3 is 0 Å². The molecular weight excluding hydrogens is 156 g/mol. The molecule has 1 heterocycles. The van der Waals surface area contributed by atoms with Crippen molar-refractivity contribution in [2.24, 2.45) is 10.8 Å². The van der Waals surface area contributed by atoms with Crippen LogP contribution in [-0.4, -0.2) is 16.8 Å². The normalized spacial score (nSPS) is 46.8. The van der Waals surface area contributed by atoms with E-state index in [9.17, 15) is 4.79 Å². The number of fused-ring (bicyclic) bond motifs is 2. The van der Waals surface area contributed by atoms with E-state index in [1.54, 1.807) is 0 Å². The summed E-state index contributed by atoms with van der Waals surface area (Å²) in [5.41, 5.74) is 0.233. The number of carbonyl (C=O) groups is 1. The fourth-order valence-corrected chi connectivity index (χ4v) is 4.18. The first-order valence-electron chi connectivity index (χ1n) is 4.13. The standard InChI is InChI=1S/C9H14OS/c1-8(2)7-4-6(10)9(8,3)5-11-7/h7H,4-5H2,1-3H3/t7-,9?/m0/s1. The Balaban J connectivity index is 2.47. The fraction of sp³-hybridized carbons (Fsp3) is 0.889. The molecule has 11 heavy (non-hydrogen) atoms. The number of rotatable bonds is 0. The number of ketones is 1. The third-order valence-electron chi connectivity index (χ3n) is 3.79. The van der Waals surface area contributed by atoms with E-state index < -0.39 is 0 Å². The van der Waals surface area contributed by atoms with Gasteiger partial charge in [-0.1, -0.05) is 20.8 Å². The highest BCUT2D eigenvalue weighted by molar-refractivity contribution is 8.00. The summed E-state index contributed by atoms with van der Waals surface area (Å²) in [5, 5.41) is 0.597. The van der Waals surface area contributed by atoms with E-state index in [4.69, 9.17) is 0 Å². The third-order valence-corrected chi connectivity index (χ3v) is 5.69. The molecule has 2 bridgehead atoms. The topological polar surface area (TPSA) is 17.1 Å². The van der Waals surface area contributed by atoms with E-state index >= 15 is 0 Å². The van der Waals surface area contributed by atoms with Gasteiger partial charge in [0.05, 0.1) is 0 Å². The Morgan fingerprint density at radius 3 is 2.27 bits per heavy atom. The van der Waals surface area contributed by atoms with Crippen molar-refractivity contribution >= 4 is 17.5 Å². The van der Waals surface area contributed by atoms with Crippen molar-refractivity contribution in [3.8, 4) is 0 Å². The smallest absolute Gasteiger partial charge is 0.141 e. The van der Waals surface area contributed by atoms with Gasteiger partial charge in [0, 0.05) is 22.8 Å². The van der Waals surface area contributed by atoms with Gasteiger partial charge in [0.15, 0.2) is 0 Å². The van der Waals surface area contributed by atoms with Gasteiger partial charge in [-0.3, -0.25) is 4.79 Å². The van der Waals surface area contributed by atoms with Gasteiger partial charge in [-0.25, -0.2) is 0 Å². The zero-order valence-electron chi connectivity index (χ0n) is 7.31. The molecule has 0 aromatic rings. The van der Waals surface area contributed by atoms with Gasteiger partial charge < -0.3 is 0 Å². The third kappa shape index (κ3) is 0.670. The minimum Gasteiger partial charge on any atom is -0.299 e. The lowest BCUT2D eigenvalue weighted by Crippen LogP contribution is -2.35. The van der Waals surface area contributed by atoms with Gasteiger partial charge in [-0.15, -0.1) is 0 Å². The molecule has 0 N–H and O–H groups in total. The van der Waals surface area contributed by atoms with E-state index in [-0.39, 0.29) is 10.8 Å². The molecule has 1 saturated carbocycles. The van der Waals surface area contributed by atoms with Gasteiger partial charge in [-0.2, -0.15) is 11.8 Å². The molecule has 0 aromatic heterocycles. The molecule has 1 aliphatic carbocycles. The van der Waals surface area contributed by atoms with Crippen LogP contribution >= 0.6 is 11.8 Å². The molecule has 0 aromatic carbocycles. The zero-order valence-corrected chi connectivity index (χ0v) is 8.12. The molecule has 62 valence electrons. The molecule has 1 nitrogen and oxygen atoms in total. The van der Waals surface area contributed by atoms with Crippen LogP contribution in [0.5, 0.6) is 0 Å². The van der Waals surface area contributed by atoms with Gasteiger partial charge in [0.1, 0.15) is 5.78 Å². The van der Waals surface area contributed by atoms with Crippen LogP contribution in [0.15, 0.2) is 0 Å². The Hall–Kier alpha value is 0.0200. The predicted molar refractivity (Wildman–Crippen MR) is 47.8 cm³/mol. The number of Topliss-reactive ketones (excluding diaryl/α,β-unsaturated/α-hetero) is 1. The molecule has 0 amide bonds. The summed E-state index contributed by atoms with van der Waals surface area (Å²) in [6, 6.07) is 0. The Morgan fingerprint density at radius 2 is 2.09 bits per heavy atom. The van der Waals surface area contributed by atoms with Crippen LogP contribution < -0.4 is 0 Å². The molecule has 2 heteroatoms. The van der Waals surface area contributed by atoms with Crippen LogP contribution in [0.1, 0.15) is 27.2 Å². The average Bonchev–Trinajstić information content (AvgIpc) is 2.20. The van der Waals surface area contributed by atoms with Gasteiger partial charge in [-0.05, 0) is 5.41 Å². The van der Waals surface area contributed by atoms with Crippen molar-refractivity contribution < 1.29 is 4.79 Å². The first-order valence-corrected chi connectivity index (χ1v) is 5.18. The Kier molecular flexibility index (Phi) is 1.28. The minimum atomic E-state index is -0.0116. The molecule has 1 unspecified atom stereocenters. The lowest BCUT2D eigenvalue weighted by molar-refractivity contribution is -0.126. The van der Waals surface area contributed by atoms with Crippen molar-refractivity contribution in [3.63, 3.8) is 0 Å². The maximum Gasteiger partial charge on any atom is 0.141 e. The van der Waals surface area contributed by atoms with Crippen LogP contribution in [-0.2, 0) is 4.79 Å². The number of carbonyl (C=O) groups excluding carboxylic acids is 1. The summed E-state index contributed by atoms with van der Waals surface area (Å²) in [6.45, 7) is 6.61. The summed E-state index contributed by atoms with van der Waals surface area (Å²) < 4.78 is 0. The van der Waals surface area contributed by atoms with E-state index in [1.165, 1.54) is 0 Å². The van der Waals surface area contributed by atoms with Crippen molar-refractivity contribution in [1.82, 2.24) is 0 Å². The Morgan fingerprint density at radius 1 is 1.45 bits per heavy atom. The van der Waals surface area contributed by atoms with Crippen LogP contribution in [0.2, 0.25) is 0 Å². The largest absolute Gasteiger partial charge is 0.299 e. The molecule has 1 aliphatic heterocycles. The summed E-state index contributed by atoms with van der Waals surface area (Å²) in [7, 11) is 0. The number of hydrogen-bond donors (Lipinski definition) is 0. The monoisotopic (exact) mass is 170 g/mol. The van der Waals surface area contributed by atoms with Crippen LogP contribution in [0, 0.1) is 10.8 Å². The quantitative estimate of drug-likeness (QED) is 0.554. The summed E-state index contributed by atoms with van der Waals surface area (Å²) >= 11 is 1.98. The Labute approximate surface area is 71.9 Å². The van der Waals surface area contributed by atoms with Crippen LogP contribution in [0.25, 0.3) is 0 Å². The van der Waals surface area contributed by atoms with Crippen molar-refractivity contribution in [3.05, 3.63) is 0 Å². The van der Waals surface area contributed by atoms with Crippen molar-refractivity contribution in [1.29, 1.82) is 0 Å². The Bertz CT molecular complexity index is 222. The van der Waals surface area contributed by atoms with Crippen molar-refractivity contribution in [2.75, 3.05) is 5.75 Å². The molecule has 2 rings (SSSR count). The molecule has 1 saturated heterocycles. The van der Waals surface area contributed by atoms with Gasteiger partial charge in [0.2, 0.25) is 0 Å². The van der Waals surface area contributed by atoms with Crippen LogP contribution in [0.4, 0.5) is 0 Å². The summed E-state index contributed by atoms with van der Waals surface area (Å²) in [6.07, 6.45) is 0.814. The molecule has 2 aliphatic rings. The van der Waals surface area contributed by atoms with E-state index in [2.05, 4.69) is 20.8 Å². The zero-order chi connectivity index (χ0) is 8.28. The number of thioether (sulfide) groups is 1. The van der Waals surface area contributed by atoms with Crippen LogP contribution in [0.3, 0.4) is 0 Å². The highest BCUT2D eigenvalue weighted by Crippen LogP contribution is 2.62. The molecule has 0 radical (unpaired) electrons. The SMILES string of the molecule is CC12CS[C@@H](CC1=O)C2(C)C. The van der Waals surface area contributed by atoms with E-state index in [0.29, 0.717) is 11.0 Å². The maximum absolute atomic E-state index is 11.6. The molecule has 0 spiro atoms. The minimum absolute atomic E-state index is 0.0116. The first kappa shape index (κ1) is 7.66. The van der Waals surface area contributed by atoms with Gasteiger partial charge in [0.25, 0.3) is 0 Å². The maximum atomic E-state index is 11.6. The number of hydrogen-bond acceptors (Lipinski definition) is 2.